The molecular formula is C62H58N2O14Si10. The molecule has 6 aliphatic heterocycles. The third kappa shape index (κ3) is 9.96. The van der Waals surface area contributed by atoms with Crippen LogP contribution in [0.5, 0.6) is 0 Å². The predicted molar refractivity (Wildman–Crippen MR) is 354 cm³/mol. The van der Waals surface area contributed by atoms with Crippen molar-refractivity contribution in [2.75, 3.05) is 11.5 Å². The Labute approximate surface area is 520 Å². The Hall–Kier alpha value is -6.59. The summed E-state index contributed by atoms with van der Waals surface area (Å²) in [7, 11) is -50.7. The molecule has 0 amide bonds. The van der Waals surface area contributed by atoms with Crippen molar-refractivity contribution < 1.29 is 57.6 Å². The van der Waals surface area contributed by atoms with E-state index in [1.54, 1.807) is 0 Å². The molecule has 440 valence electrons. The van der Waals surface area contributed by atoms with Crippen molar-refractivity contribution in [3.63, 3.8) is 0 Å². The lowest BCUT2D eigenvalue weighted by atomic mass is 10.3. The van der Waals surface area contributed by atoms with Gasteiger partial charge in [0, 0.05) is 52.9 Å². The molecule has 10 aromatic rings. The van der Waals surface area contributed by atoms with Gasteiger partial charge in [0.05, 0.1) is 0 Å². The van der Waals surface area contributed by atoms with E-state index in [1.165, 1.54) is 0 Å². The summed E-state index contributed by atoms with van der Waals surface area (Å²) in [6.45, 7) is 3.92. The number of nitrogen functional groups attached to an aromatic ring is 2. The summed E-state index contributed by atoms with van der Waals surface area (Å²) in [6, 6.07) is 91.8. The number of hydrogen-bond donors (Lipinski definition) is 2. The number of rotatable bonds is 10. The van der Waals surface area contributed by atoms with Crippen molar-refractivity contribution in [3.8, 4) is 0 Å². The van der Waals surface area contributed by atoms with Crippen LogP contribution in [0.2, 0.25) is 13.1 Å². The second kappa shape index (κ2) is 22.1. The molecule has 0 radical (unpaired) electrons. The topological polar surface area (TPSA) is 181 Å². The minimum atomic E-state index is -5.29. The van der Waals surface area contributed by atoms with Crippen molar-refractivity contribution in [3.05, 3.63) is 291 Å². The van der Waals surface area contributed by atoms with E-state index in [0.717, 1.165) is 0 Å². The highest BCUT2D eigenvalue weighted by Gasteiger charge is 2.84. The Bertz CT molecular complexity index is 3600. The van der Waals surface area contributed by atoms with Gasteiger partial charge in [0.25, 0.3) is 0 Å². The summed E-state index contributed by atoms with van der Waals surface area (Å²) >= 11 is 0. The van der Waals surface area contributed by atoms with Gasteiger partial charge in [-0.15, -0.1) is 0 Å². The van der Waals surface area contributed by atoms with Gasteiger partial charge in [0.1, 0.15) is 0 Å². The summed E-state index contributed by atoms with van der Waals surface area (Å²) in [4.78, 5) is 0. The third-order valence-electron chi connectivity index (χ3n) is 15.9. The summed E-state index contributed by atoms with van der Waals surface area (Å²) in [5.41, 5.74) is 14.2. The van der Waals surface area contributed by atoms with Crippen LogP contribution in [-0.2, 0) is 57.6 Å². The van der Waals surface area contributed by atoms with Crippen LogP contribution in [0.15, 0.2) is 291 Å². The first-order valence-corrected chi connectivity index (χ1v) is 47.2. The maximum absolute atomic E-state index is 8.62. The molecule has 6 fully saturated rings. The molecule has 0 atom stereocenters. The zero-order chi connectivity index (χ0) is 59.8. The van der Waals surface area contributed by atoms with E-state index in [-0.39, 0.29) is 0 Å². The van der Waals surface area contributed by atoms with Crippen molar-refractivity contribution in [1.82, 2.24) is 0 Å². The molecule has 4 N–H and O–H groups in total. The molecule has 26 heteroatoms. The van der Waals surface area contributed by atoms with Crippen LogP contribution in [0, 0.1) is 0 Å². The lowest BCUT2D eigenvalue weighted by Gasteiger charge is -2.60. The molecule has 16 rings (SSSR count). The average Bonchev–Trinajstić information content (AvgIpc) is 0.695. The van der Waals surface area contributed by atoms with Crippen molar-refractivity contribution in [1.29, 1.82) is 0 Å². The van der Waals surface area contributed by atoms with E-state index in [9.17, 15) is 0 Å². The molecule has 6 aliphatic rings. The van der Waals surface area contributed by atoms with Crippen LogP contribution < -0.4 is 63.3 Å². The smallest absolute Gasteiger partial charge is 0.399 e. The van der Waals surface area contributed by atoms with Crippen LogP contribution in [0.25, 0.3) is 0 Å². The highest BCUT2D eigenvalue weighted by molar-refractivity contribution is 7.14. The zero-order valence-electron chi connectivity index (χ0n) is 47.6. The minimum absolute atomic E-state index is 0.461. The summed E-state index contributed by atoms with van der Waals surface area (Å²) in [5, 5.41) is 5.09. The maximum atomic E-state index is 8.62. The van der Waals surface area contributed by atoms with Crippen molar-refractivity contribution in [2.45, 2.75) is 13.1 Å². The number of hydrogen-bond acceptors (Lipinski definition) is 16. The lowest BCUT2D eigenvalue weighted by molar-refractivity contribution is 0.0274. The zero-order valence-corrected chi connectivity index (χ0v) is 57.6. The van der Waals surface area contributed by atoms with Gasteiger partial charge in [-0.2, -0.15) is 0 Å². The Morgan fingerprint density at radius 3 is 0.455 bits per heavy atom. The molecule has 0 aromatic heterocycles. The molecule has 88 heavy (non-hydrogen) atoms. The fourth-order valence-electron chi connectivity index (χ4n) is 11.7. The maximum Gasteiger partial charge on any atom is 0.515 e. The summed E-state index contributed by atoms with van der Waals surface area (Å²) < 4.78 is 120. The first-order chi connectivity index (χ1) is 42.7. The monoisotopic (exact) mass is 1330 g/mol. The average molecular weight is 1340 g/mol. The van der Waals surface area contributed by atoms with Gasteiger partial charge in [0.15, 0.2) is 0 Å². The lowest BCUT2D eigenvalue weighted by Crippen LogP contribution is -2.94. The van der Waals surface area contributed by atoms with Gasteiger partial charge in [-0.05, 0) is 47.7 Å². The largest absolute Gasteiger partial charge is 0.515 e. The number of benzene rings is 10. The number of nitrogens with two attached hydrogens (primary N) is 2. The predicted octanol–water partition coefficient (Wildman–Crippen LogP) is 4.18. The highest BCUT2D eigenvalue weighted by Crippen LogP contribution is 2.47. The van der Waals surface area contributed by atoms with E-state index in [4.69, 9.17) is 69.1 Å². The second-order valence-electron chi connectivity index (χ2n) is 21.9. The fourth-order valence-corrected chi connectivity index (χ4v) is 67.7. The molecular weight excluding hydrogens is 1280 g/mol. The molecule has 6 heterocycles. The Balaban J connectivity index is 1.23. The van der Waals surface area contributed by atoms with Gasteiger partial charge in [0.2, 0.25) is 0 Å². The molecule has 10 aromatic carbocycles. The Morgan fingerprint density at radius 1 is 0.170 bits per heavy atom. The highest BCUT2D eigenvalue weighted by atomic mass is 28.6. The number of anilines is 2. The third-order valence-corrected chi connectivity index (χ3v) is 59.0. The molecule has 16 nitrogen and oxygen atoms in total. The van der Waals surface area contributed by atoms with Gasteiger partial charge >= 0.3 is 87.6 Å². The molecule has 6 saturated heterocycles. The van der Waals surface area contributed by atoms with Crippen molar-refractivity contribution in [2.24, 2.45) is 0 Å². The number of fused-ring (bicyclic) bond motifs is 4. The van der Waals surface area contributed by atoms with E-state index < -0.39 is 87.6 Å². The van der Waals surface area contributed by atoms with E-state index >= 15 is 0 Å². The Morgan fingerprint density at radius 2 is 0.307 bits per heavy atom. The standard InChI is InChI=1S/C62H58N2O14Si10/c1-79(53-47-43-51(63)44-48-53)65-81(55-27-11-3-12-28-55)69-85(59-35-19-7-20-36-59)73-83(57-31-15-5-16-32-57)67-80(2,54-49-45-52(64)46-50-54)68-84(58-33-17-6-18-34-58)75-87(77-85,61-39-23-9-24-40-61)71-82(66-79,56-29-13-4-14-30-56)72-88(76-84,62-41-25-10-26-42-62)78-86(70-81,74-83)60-37-21-8-22-38-60/h3-50H,63-64H2,1-2H3. The fraction of sp³-hybridized carbons (Fsp3) is 0.0323. The van der Waals surface area contributed by atoms with E-state index in [2.05, 4.69) is 0 Å². The van der Waals surface area contributed by atoms with Crippen molar-refractivity contribution >= 4 is 151 Å². The first-order valence-electron chi connectivity index (χ1n) is 28.7. The first kappa shape index (κ1) is 57.8. The summed E-state index contributed by atoms with van der Waals surface area (Å²) in [6.07, 6.45) is 0. The molecule has 0 saturated carbocycles. The summed E-state index contributed by atoms with van der Waals surface area (Å²) in [5.74, 6) is 0. The van der Waals surface area contributed by atoms with Gasteiger partial charge < -0.3 is 69.1 Å². The van der Waals surface area contributed by atoms with Gasteiger partial charge in [-0.1, -0.05) is 267 Å². The Kier molecular flexibility index (Phi) is 14.5. The van der Waals surface area contributed by atoms with E-state index in [0.29, 0.717) is 63.2 Å². The van der Waals surface area contributed by atoms with Crippen LogP contribution in [0.1, 0.15) is 0 Å². The molecule has 0 spiro atoms. The van der Waals surface area contributed by atoms with Gasteiger partial charge in [-0.25, -0.2) is 0 Å². The molecule has 8 bridgehead atoms. The van der Waals surface area contributed by atoms with Crippen LogP contribution in [0.3, 0.4) is 0 Å². The molecule has 0 aliphatic carbocycles. The van der Waals surface area contributed by atoms with Gasteiger partial charge in [-0.3, -0.25) is 0 Å². The SMILES string of the molecule is C[Si]1(c2ccc(N)cc2)O[Si]2(c3ccccc3)O[Si]3(c4ccccc4)O[Si]4(c5ccccc5)O[Si](C)(c5ccc(N)cc5)O[Si]5(c6ccccc6)O[Si](c6ccccc6)(O[Si](c6ccccc6)(O1)O[Si](c1ccccc1)(O5)O[Si](c1ccccc1)(O2)O4)O3. The second-order valence-corrected chi connectivity index (χ2v) is 51.8. The molecule has 0 unspecified atom stereocenters. The normalized spacial score (nSPS) is 32.6. The minimum Gasteiger partial charge on any atom is -0.399 e. The van der Waals surface area contributed by atoms with Crippen LogP contribution >= 0.6 is 0 Å². The van der Waals surface area contributed by atoms with E-state index in [1.807, 2.05) is 304 Å². The quantitative estimate of drug-likeness (QED) is 0.147. The van der Waals surface area contributed by atoms with Crippen LogP contribution in [0.4, 0.5) is 11.4 Å². The van der Waals surface area contributed by atoms with Crippen LogP contribution in [-0.4, -0.2) is 87.6 Å².